The number of carbonyl (C=O) groups is 2. The first-order valence-corrected chi connectivity index (χ1v) is 6.51. The molecule has 4 nitrogen and oxygen atoms in total. The van der Waals surface area contributed by atoms with Crippen LogP contribution in [0.2, 0.25) is 0 Å². The highest BCUT2D eigenvalue weighted by Gasteiger charge is 2.09. The van der Waals surface area contributed by atoms with Gasteiger partial charge < -0.3 is 10.1 Å². The van der Waals surface area contributed by atoms with Crippen LogP contribution in [-0.2, 0) is 9.53 Å². The Morgan fingerprint density at radius 3 is 2.35 bits per heavy atom. The van der Waals surface area contributed by atoms with E-state index in [9.17, 15) is 9.59 Å². The fourth-order valence-electron chi connectivity index (χ4n) is 1.15. The molecule has 0 bridgehead atoms. The predicted molar refractivity (Wildman–Crippen MR) is 70.8 cm³/mol. The molecule has 1 aromatic rings. The molecule has 0 radical (unpaired) electrons. The first-order chi connectivity index (χ1) is 8.02. The van der Waals surface area contributed by atoms with Crippen LogP contribution in [0, 0.1) is 0 Å². The zero-order chi connectivity index (χ0) is 12.8. The second kappa shape index (κ2) is 6.76. The first kappa shape index (κ1) is 14.2. The van der Waals surface area contributed by atoms with Gasteiger partial charge in [-0.3, -0.25) is 9.59 Å². The van der Waals surface area contributed by atoms with E-state index in [2.05, 4.69) is 37.2 Å². The highest BCUT2D eigenvalue weighted by Crippen LogP contribution is 2.19. The van der Waals surface area contributed by atoms with Gasteiger partial charge in [0, 0.05) is 14.5 Å². The Kier molecular flexibility index (Phi) is 5.64. The summed E-state index contributed by atoms with van der Waals surface area (Å²) in [6.07, 6.45) is 0. The Labute approximate surface area is 116 Å². The number of benzene rings is 1. The number of rotatable bonds is 4. The molecule has 0 unspecified atom stereocenters. The first-order valence-electron chi connectivity index (χ1n) is 4.93. The molecule has 0 fully saturated rings. The molecule has 0 spiro atoms. The average Bonchev–Trinajstić information content (AvgIpc) is 2.25. The lowest BCUT2D eigenvalue weighted by Gasteiger charge is -2.05. The molecule has 0 atom stereocenters. The predicted octanol–water partition coefficient (Wildman–Crippen LogP) is 2.50. The van der Waals surface area contributed by atoms with Crippen molar-refractivity contribution in [3.63, 3.8) is 0 Å². The maximum atomic E-state index is 11.7. The minimum atomic E-state index is -0.449. The Hall–Kier alpha value is -0.880. The molecule has 0 saturated heterocycles. The minimum Gasteiger partial charge on any atom is -0.465 e. The quantitative estimate of drug-likeness (QED) is 0.835. The van der Waals surface area contributed by atoms with Gasteiger partial charge in [0.25, 0.3) is 5.91 Å². The van der Waals surface area contributed by atoms with Crippen molar-refractivity contribution in [1.82, 2.24) is 5.32 Å². The minimum absolute atomic E-state index is 0.128. The summed E-state index contributed by atoms with van der Waals surface area (Å²) >= 11 is 6.57. The third-order valence-corrected chi connectivity index (χ3v) is 2.74. The molecule has 1 N–H and O–H groups in total. The van der Waals surface area contributed by atoms with Crippen molar-refractivity contribution in [2.75, 3.05) is 13.2 Å². The lowest BCUT2D eigenvalue weighted by Crippen LogP contribution is -2.30. The lowest BCUT2D eigenvalue weighted by atomic mass is 10.2. The van der Waals surface area contributed by atoms with Gasteiger partial charge in [-0.15, -0.1) is 0 Å². The van der Waals surface area contributed by atoms with Crippen molar-refractivity contribution in [1.29, 1.82) is 0 Å². The zero-order valence-corrected chi connectivity index (χ0v) is 12.3. The van der Waals surface area contributed by atoms with Crippen molar-refractivity contribution in [3.8, 4) is 0 Å². The Balaban J connectivity index is 2.61. The van der Waals surface area contributed by atoms with Gasteiger partial charge in [-0.1, -0.05) is 31.9 Å². The highest BCUT2D eigenvalue weighted by atomic mass is 79.9. The van der Waals surface area contributed by atoms with Crippen molar-refractivity contribution in [2.24, 2.45) is 0 Å². The van der Waals surface area contributed by atoms with Gasteiger partial charge in [-0.25, -0.2) is 0 Å². The topological polar surface area (TPSA) is 55.4 Å². The van der Waals surface area contributed by atoms with E-state index >= 15 is 0 Å². The number of halogens is 2. The Bertz CT molecular complexity index is 414. The van der Waals surface area contributed by atoms with E-state index in [1.165, 1.54) is 0 Å². The van der Waals surface area contributed by atoms with Gasteiger partial charge in [-0.05, 0) is 25.1 Å². The van der Waals surface area contributed by atoms with Gasteiger partial charge >= 0.3 is 5.97 Å². The molecule has 0 saturated carbocycles. The summed E-state index contributed by atoms with van der Waals surface area (Å²) in [6, 6.07) is 5.17. The maximum Gasteiger partial charge on any atom is 0.325 e. The number of ether oxygens (including phenoxy) is 1. The summed E-state index contributed by atoms with van der Waals surface area (Å²) in [5, 5.41) is 2.48. The number of nitrogens with one attached hydrogen (secondary N) is 1. The molecule has 0 aliphatic rings. The summed E-state index contributed by atoms with van der Waals surface area (Å²) < 4.78 is 6.27. The van der Waals surface area contributed by atoms with Crippen LogP contribution < -0.4 is 5.32 Å². The monoisotopic (exact) mass is 363 g/mol. The van der Waals surface area contributed by atoms with Crippen molar-refractivity contribution in [2.45, 2.75) is 6.92 Å². The Morgan fingerprint density at radius 1 is 1.24 bits per heavy atom. The van der Waals surface area contributed by atoms with E-state index in [0.717, 1.165) is 8.95 Å². The summed E-state index contributed by atoms with van der Waals surface area (Å²) in [7, 11) is 0. The van der Waals surface area contributed by atoms with E-state index in [1.807, 2.05) is 6.07 Å². The average molecular weight is 365 g/mol. The van der Waals surface area contributed by atoms with Crippen LogP contribution in [0.1, 0.15) is 17.3 Å². The van der Waals surface area contributed by atoms with Gasteiger partial charge in [0.05, 0.1) is 6.61 Å². The molecule has 1 amide bonds. The molecule has 0 aliphatic carbocycles. The highest BCUT2D eigenvalue weighted by molar-refractivity contribution is 9.11. The van der Waals surface area contributed by atoms with E-state index in [4.69, 9.17) is 4.74 Å². The van der Waals surface area contributed by atoms with Crippen LogP contribution in [0.5, 0.6) is 0 Å². The Morgan fingerprint density at radius 2 is 1.82 bits per heavy atom. The number of carbonyl (C=O) groups excluding carboxylic acids is 2. The molecule has 92 valence electrons. The van der Waals surface area contributed by atoms with Crippen LogP contribution >= 0.6 is 31.9 Å². The smallest absolute Gasteiger partial charge is 0.325 e. The molecule has 0 aliphatic heterocycles. The number of esters is 1. The second-order valence-corrected chi connectivity index (χ2v) is 4.98. The van der Waals surface area contributed by atoms with Crippen LogP contribution in [0.15, 0.2) is 27.1 Å². The van der Waals surface area contributed by atoms with Crippen LogP contribution in [0.25, 0.3) is 0 Å². The molecular weight excluding hydrogens is 354 g/mol. The fraction of sp³-hybridized carbons (Fsp3) is 0.273. The summed E-state index contributed by atoms with van der Waals surface area (Å²) in [5.74, 6) is -0.769. The van der Waals surface area contributed by atoms with Crippen molar-refractivity contribution >= 4 is 43.7 Å². The van der Waals surface area contributed by atoms with Crippen molar-refractivity contribution in [3.05, 3.63) is 32.7 Å². The summed E-state index contributed by atoms with van der Waals surface area (Å²) in [6.45, 7) is 1.89. The molecular formula is C11H11Br2NO3. The third-order valence-electron chi connectivity index (χ3n) is 1.82. The van der Waals surface area contributed by atoms with E-state index in [0.29, 0.717) is 12.2 Å². The second-order valence-electron chi connectivity index (χ2n) is 3.15. The van der Waals surface area contributed by atoms with Crippen LogP contribution in [-0.4, -0.2) is 25.0 Å². The van der Waals surface area contributed by atoms with E-state index in [-0.39, 0.29) is 12.5 Å². The fourth-order valence-corrected chi connectivity index (χ4v) is 2.45. The van der Waals surface area contributed by atoms with Crippen LogP contribution in [0.4, 0.5) is 0 Å². The normalized spacial score (nSPS) is 9.82. The lowest BCUT2D eigenvalue weighted by molar-refractivity contribution is -0.141. The van der Waals surface area contributed by atoms with Gasteiger partial charge in [0.15, 0.2) is 0 Å². The van der Waals surface area contributed by atoms with Gasteiger partial charge in [0.1, 0.15) is 6.54 Å². The standard InChI is InChI=1S/C11H11Br2NO3/c1-2-17-10(15)6-14-11(16)7-3-8(12)5-9(13)4-7/h3-5H,2,6H2,1H3,(H,14,16). The largest absolute Gasteiger partial charge is 0.465 e. The van der Waals surface area contributed by atoms with E-state index < -0.39 is 5.97 Å². The molecule has 0 heterocycles. The molecule has 17 heavy (non-hydrogen) atoms. The number of amides is 1. The third kappa shape index (κ3) is 4.87. The van der Waals surface area contributed by atoms with Gasteiger partial charge in [-0.2, -0.15) is 0 Å². The van der Waals surface area contributed by atoms with Crippen LogP contribution in [0.3, 0.4) is 0 Å². The SMILES string of the molecule is CCOC(=O)CNC(=O)c1cc(Br)cc(Br)c1. The number of hydrogen-bond donors (Lipinski definition) is 1. The van der Waals surface area contributed by atoms with Gasteiger partial charge in [0.2, 0.25) is 0 Å². The van der Waals surface area contributed by atoms with Crippen molar-refractivity contribution < 1.29 is 14.3 Å². The zero-order valence-electron chi connectivity index (χ0n) is 9.13. The van der Waals surface area contributed by atoms with E-state index in [1.54, 1.807) is 19.1 Å². The molecule has 0 aromatic heterocycles. The number of hydrogen-bond acceptors (Lipinski definition) is 3. The molecule has 1 rings (SSSR count). The maximum absolute atomic E-state index is 11.7. The summed E-state index contributed by atoms with van der Waals surface area (Å²) in [4.78, 5) is 22.8. The summed E-state index contributed by atoms with van der Waals surface area (Å²) in [5.41, 5.74) is 0.468. The molecule has 1 aromatic carbocycles. The molecule has 6 heteroatoms.